The molecule has 19 heavy (non-hydrogen) atoms. The number of phenols is 1. The van der Waals surface area contributed by atoms with Gasteiger partial charge in [0.2, 0.25) is 0 Å². The zero-order valence-corrected chi connectivity index (χ0v) is 10.8. The van der Waals surface area contributed by atoms with Crippen molar-refractivity contribution in [2.45, 2.75) is 38.3 Å². The summed E-state index contributed by atoms with van der Waals surface area (Å²) < 4.78 is 13.7. The lowest BCUT2D eigenvalue weighted by atomic mass is 10.1. The lowest BCUT2D eigenvalue weighted by Crippen LogP contribution is -2.37. The molecule has 0 bridgehead atoms. The lowest BCUT2D eigenvalue weighted by Gasteiger charge is -2.26. The summed E-state index contributed by atoms with van der Waals surface area (Å²) in [5, 5.41) is 18.6. The van der Waals surface area contributed by atoms with Crippen molar-refractivity contribution in [1.29, 1.82) is 0 Å². The molecule has 2 N–H and O–H groups in total. The molecule has 1 fully saturated rings. The highest BCUT2D eigenvalue weighted by atomic mass is 19.1. The molecule has 1 amide bonds. The molecule has 1 aromatic carbocycles. The zero-order chi connectivity index (χ0) is 14.0. The second kappa shape index (κ2) is 5.57. The quantitative estimate of drug-likeness (QED) is 0.879. The van der Waals surface area contributed by atoms with Gasteiger partial charge in [0.05, 0.1) is 11.7 Å². The van der Waals surface area contributed by atoms with Crippen molar-refractivity contribution in [2.75, 3.05) is 6.54 Å². The number of nitrogens with zero attached hydrogens (tertiary/aromatic N) is 1. The van der Waals surface area contributed by atoms with Crippen LogP contribution in [0.1, 0.15) is 36.5 Å². The summed E-state index contributed by atoms with van der Waals surface area (Å²) in [6.45, 7) is 2.26. The van der Waals surface area contributed by atoms with Crippen molar-refractivity contribution in [2.24, 2.45) is 0 Å². The molecule has 0 saturated carbocycles. The van der Waals surface area contributed by atoms with Crippen molar-refractivity contribution < 1.29 is 19.4 Å². The molecule has 1 aliphatic heterocycles. The minimum absolute atomic E-state index is 0.0321. The van der Waals surface area contributed by atoms with Crippen LogP contribution in [-0.2, 0) is 0 Å². The van der Waals surface area contributed by atoms with Gasteiger partial charge in [0.15, 0.2) is 0 Å². The van der Waals surface area contributed by atoms with Gasteiger partial charge < -0.3 is 15.1 Å². The van der Waals surface area contributed by atoms with E-state index >= 15 is 0 Å². The minimum atomic E-state index is -0.715. The molecule has 104 valence electrons. The summed E-state index contributed by atoms with van der Waals surface area (Å²) in [7, 11) is 0. The number of hydrogen-bond acceptors (Lipinski definition) is 3. The van der Waals surface area contributed by atoms with Crippen LogP contribution in [-0.4, -0.2) is 39.7 Å². The molecule has 1 heterocycles. The van der Waals surface area contributed by atoms with Crippen molar-refractivity contribution in [1.82, 2.24) is 4.90 Å². The summed E-state index contributed by atoms with van der Waals surface area (Å²) in [6, 6.07) is 3.49. The average molecular weight is 267 g/mol. The van der Waals surface area contributed by atoms with E-state index in [1.807, 2.05) is 0 Å². The van der Waals surface area contributed by atoms with Gasteiger partial charge in [-0.25, -0.2) is 4.39 Å². The van der Waals surface area contributed by atoms with E-state index in [1.54, 1.807) is 11.8 Å². The molecular weight excluding hydrogens is 249 g/mol. The fraction of sp³-hybridized carbons (Fsp3) is 0.500. The monoisotopic (exact) mass is 267 g/mol. The smallest absolute Gasteiger partial charge is 0.257 e. The molecule has 0 aliphatic carbocycles. The van der Waals surface area contributed by atoms with E-state index in [4.69, 9.17) is 5.11 Å². The first-order chi connectivity index (χ1) is 8.99. The van der Waals surface area contributed by atoms with Crippen LogP contribution < -0.4 is 0 Å². The maximum atomic E-state index is 13.7. The third-order valence-corrected chi connectivity index (χ3v) is 3.43. The Bertz CT molecular complexity index is 476. The predicted molar refractivity (Wildman–Crippen MR) is 68.4 cm³/mol. The maximum Gasteiger partial charge on any atom is 0.257 e. The number of benzene rings is 1. The molecule has 1 aliphatic rings. The standard InChI is InChI=1S/C14H18FNO3/c1-9(17)7-10-3-2-6-16(10)14(19)12-5-4-11(18)8-13(12)15/h4-5,8-10,17-18H,2-3,6-7H2,1H3. The summed E-state index contributed by atoms with van der Waals surface area (Å²) >= 11 is 0. The molecule has 1 aromatic rings. The van der Waals surface area contributed by atoms with Crippen LogP contribution in [0.25, 0.3) is 0 Å². The Morgan fingerprint density at radius 1 is 1.58 bits per heavy atom. The third kappa shape index (κ3) is 3.04. The van der Waals surface area contributed by atoms with Crippen LogP contribution >= 0.6 is 0 Å². The van der Waals surface area contributed by atoms with E-state index in [9.17, 15) is 14.3 Å². The molecule has 2 unspecified atom stereocenters. The number of halogens is 1. The van der Waals surface area contributed by atoms with Gasteiger partial charge in [-0.3, -0.25) is 4.79 Å². The Labute approximate surface area is 111 Å². The van der Waals surface area contributed by atoms with Gasteiger partial charge in [-0.2, -0.15) is 0 Å². The fourth-order valence-electron chi connectivity index (χ4n) is 2.57. The number of phenolic OH excluding ortho intramolecular Hbond substituents is 1. The maximum absolute atomic E-state index is 13.7. The topological polar surface area (TPSA) is 60.8 Å². The Balaban J connectivity index is 2.18. The Kier molecular flexibility index (Phi) is 4.04. The highest BCUT2D eigenvalue weighted by molar-refractivity contribution is 5.95. The number of carbonyl (C=O) groups is 1. The summed E-state index contributed by atoms with van der Waals surface area (Å²) in [6.07, 6.45) is 1.72. The SMILES string of the molecule is CC(O)CC1CCCN1C(=O)c1ccc(O)cc1F. The third-order valence-electron chi connectivity index (χ3n) is 3.43. The number of likely N-dealkylation sites (tertiary alicyclic amines) is 1. The van der Waals surface area contributed by atoms with Gasteiger partial charge in [-0.05, 0) is 38.3 Å². The second-order valence-electron chi connectivity index (χ2n) is 5.04. The molecule has 5 heteroatoms. The lowest BCUT2D eigenvalue weighted by molar-refractivity contribution is 0.0677. The zero-order valence-electron chi connectivity index (χ0n) is 10.8. The molecular formula is C14H18FNO3. The number of carbonyl (C=O) groups excluding carboxylic acids is 1. The van der Waals surface area contributed by atoms with Gasteiger partial charge in [-0.1, -0.05) is 0 Å². The molecule has 0 aromatic heterocycles. The van der Waals surface area contributed by atoms with Gasteiger partial charge in [-0.15, -0.1) is 0 Å². The number of rotatable bonds is 3. The first-order valence-corrected chi connectivity index (χ1v) is 6.46. The van der Waals surface area contributed by atoms with Crippen molar-refractivity contribution >= 4 is 5.91 Å². The summed E-state index contributed by atoms with van der Waals surface area (Å²) in [4.78, 5) is 13.9. The Morgan fingerprint density at radius 3 is 2.95 bits per heavy atom. The number of hydrogen-bond donors (Lipinski definition) is 2. The number of amides is 1. The largest absolute Gasteiger partial charge is 0.508 e. The van der Waals surface area contributed by atoms with E-state index in [0.29, 0.717) is 13.0 Å². The van der Waals surface area contributed by atoms with Crippen molar-refractivity contribution in [3.05, 3.63) is 29.6 Å². The van der Waals surface area contributed by atoms with Gasteiger partial charge >= 0.3 is 0 Å². The van der Waals surface area contributed by atoms with Crippen LogP contribution in [0.4, 0.5) is 4.39 Å². The summed E-state index contributed by atoms with van der Waals surface area (Å²) in [5.41, 5.74) is -0.0321. The molecule has 4 nitrogen and oxygen atoms in total. The van der Waals surface area contributed by atoms with Crippen molar-refractivity contribution in [3.8, 4) is 5.75 Å². The predicted octanol–water partition coefficient (Wildman–Crippen LogP) is 1.91. The molecule has 1 saturated heterocycles. The fourth-order valence-corrected chi connectivity index (χ4v) is 2.57. The number of aliphatic hydroxyl groups is 1. The van der Waals surface area contributed by atoms with Crippen molar-refractivity contribution in [3.63, 3.8) is 0 Å². The van der Waals surface area contributed by atoms with Crippen LogP contribution in [0.5, 0.6) is 5.75 Å². The number of aromatic hydroxyl groups is 1. The molecule has 2 rings (SSSR count). The van der Waals surface area contributed by atoms with E-state index in [-0.39, 0.29) is 23.3 Å². The van der Waals surface area contributed by atoms with Crippen LogP contribution in [0.15, 0.2) is 18.2 Å². The van der Waals surface area contributed by atoms with Gasteiger partial charge in [0.1, 0.15) is 11.6 Å². The van der Waals surface area contributed by atoms with E-state index < -0.39 is 11.9 Å². The van der Waals surface area contributed by atoms with E-state index in [1.165, 1.54) is 12.1 Å². The second-order valence-corrected chi connectivity index (χ2v) is 5.04. The normalized spacial score (nSPS) is 20.6. The first kappa shape index (κ1) is 13.8. The van der Waals surface area contributed by atoms with E-state index in [2.05, 4.69) is 0 Å². The van der Waals surface area contributed by atoms with Crippen LogP contribution in [0, 0.1) is 5.82 Å². The number of aliphatic hydroxyl groups excluding tert-OH is 1. The highest BCUT2D eigenvalue weighted by Gasteiger charge is 2.31. The Hall–Kier alpha value is -1.62. The van der Waals surface area contributed by atoms with Gasteiger partial charge in [0.25, 0.3) is 5.91 Å². The van der Waals surface area contributed by atoms with Crippen LogP contribution in [0.3, 0.4) is 0 Å². The summed E-state index contributed by atoms with van der Waals surface area (Å²) in [5.74, 6) is -1.29. The molecule has 0 spiro atoms. The highest BCUT2D eigenvalue weighted by Crippen LogP contribution is 2.25. The first-order valence-electron chi connectivity index (χ1n) is 6.46. The Morgan fingerprint density at radius 2 is 2.32 bits per heavy atom. The minimum Gasteiger partial charge on any atom is -0.508 e. The molecule has 2 atom stereocenters. The van der Waals surface area contributed by atoms with E-state index in [0.717, 1.165) is 18.9 Å². The molecule has 0 radical (unpaired) electrons. The van der Waals surface area contributed by atoms with Crippen LogP contribution in [0.2, 0.25) is 0 Å². The average Bonchev–Trinajstić information content (AvgIpc) is 2.75. The van der Waals surface area contributed by atoms with Gasteiger partial charge in [0, 0.05) is 18.7 Å².